The van der Waals surface area contributed by atoms with Gasteiger partial charge in [-0.15, -0.1) is 0 Å². The molecule has 0 spiro atoms. The van der Waals surface area contributed by atoms with Crippen LogP contribution in [0.15, 0.2) is 67.0 Å². The number of pyridine rings is 1. The lowest BCUT2D eigenvalue weighted by atomic mass is 9.78. The second-order valence-electron chi connectivity index (χ2n) is 9.02. The molecule has 2 aliphatic rings. The van der Waals surface area contributed by atoms with E-state index in [0.717, 1.165) is 0 Å². The molecule has 0 unspecified atom stereocenters. The molecular weight excluding hydrogens is 446 g/mol. The molecular formula is C27H25N3O5. The van der Waals surface area contributed by atoms with E-state index >= 15 is 0 Å². The Hall–Kier alpha value is -4.20. The fourth-order valence-corrected chi connectivity index (χ4v) is 4.93. The Bertz CT molecular complexity index is 1240. The topological polar surface area (TPSA) is 118 Å². The van der Waals surface area contributed by atoms with Crippen molar-refractivity contribution < 1.29 is 24.2 Å². The molecule has 2 aromatic carbocycles. The number of carboxylic acid groups (broad SMARTS) is 1. The Morgan fingerprint density at radius 2 is 1.63 bits per heavy atom. The number of aromatic carboxylic acids is 1. The number of fused-ring (bicyclic) bond motifs is 3. The van der Waals surface area contributed by atoms with Gasteiger partial charge in [-0.1, -0.05) is 48.5 Å². The van der Waals surface area contributed by atoms with Gasteiger partial charge in [0.2, 0.25) is 5.91 Å². The van der Waals surface area contributed by atoms with Crippen LogP contribution < -0.4 is 10.6 Å². The molecule has 2 amide bonds. The number of hydrogen-bond acceptors (Lipinski definition) is 5. The molecule has 1 heterocycles. The predicted octanol–water partition coefficient (Wildman–Crippen LogP) is 4.43. The Kier molecular flexibility index (Phi) is 6.18. The van der Waals surface area contributed by atoms with Gasteiger partial charge < -0.3 is 20.5 Å². The number of anilines is 1. The van der Waals surface area contributed by atoms with Crippen molar-refractivity contribution in [2.75, 3.05) is 11.9 Å². The average Bonchev–Trinajstić information content (AvgIpc) is 3.15. The van der Waals surface area contributed by atoms with E-state index in [1.165, 1.54) is 40.7 Å². The van der Waals surface area contributed by atoms with Crippen molar-refractivity contribution >= 4 is 23.7 Å². The van der Waals surface area contributed by atoms with Crippen molar-refractivity contribution in [2.24, 2.45) is 5.92 Å². The van der Waals surface area contributed by atoms with Crippen LogP contribution in [-0.2, 0) is 9.53 Å². The van der Waals surface area contributed by atoms with Gasteiger partial charge in [0.15, 0.2) is 0 Å². The van der Waals surface area contributed by atoms with Crippen molar-refractivity contribution in [3.63, 3.8) is 0 Å². The summed E-state index contributed by atoms with van der Waals surface area (Å²) in [6, 6.07) is 17.7. The number of nitrogens with zero attached hydrogens (tertiary/aromatic N) is 1. The number of benzene rings is 2. The number of ether oxygens (including phenoxy) is 1. The smallest absolute Gasteiger partial charge is 0.407 e. The molecule has 8 nitrogen and oxygen atoms in total. The molecule has 1 saturated carbocycles. The van der Waals surface area contributed by atoms with Crippen LogP contribution in [0, 0.1) is 5.92 Å². The maximum atomic E-state index is 12.4. The van der Waals surface area contributed by atoms with Gasteiger partial charge >= 0.3 is 12.1 Å². The van der Waals surface area contributed by atoms with E-state index in [9.17, 15) is 14.4 Å². The minimum Gasteiger partial charge on any atom is -0.478 e. The van der Waals surface area contributed by atoms with Crippen LogP contribution in [0.2, 0.25) is 0 Å². The number of rotatable bonds is 7. The molecule has 2 aliphatic carbocycles. The molecule has 178 valence electrons. The summed E-state index contributed by atoms with van der Waals surface area (Å²) in [5.74, 6) is -1.15. The Balaban J connectivity index is 1.07. The van der Waals surface area contributed by atoms with E-state index in [-0.39, 0.29) is 36.0 Å². The van der Waals surface area contributed by atoms with Gasteiger partial charge in [0.25, 0.3) is 0 Å². The summed E-state index contributed by atoms with van der Waals surface area (Å²) in [5, 5.41) is 14.6. The molecule has 1 fully saturated rings. The van der Waals surface area contributed by atoms with Gasteiger partial charge in [0.1, 0.15) is 6.61 Å². The van der Waals surface area contributed by atoms with E-state index in [4.69, 9.17) is 9.84 Å². The molecule has 3 aromatic rings. The molecule has 0 bridgehead atoms. The zero-order valence-electron chi connectivity index (χ0n) is 18.9. The lowest BCUT2D eigenvalue weighted by Gasteiger charge is -2.35. The van der Waals surface area contributed by atoms with Crippen LogP contribution in [0.25, 0.3) is 11.1 Å². The summed E-state index contributed by atoms with van der Waals surface area (Å²) in [6.45, 7) is 0.266. The molecule has 0 aliphatic heterocycles. The van der Waals surface area contributed by atoms with Crippen LogP contribution in [0.4, 0.5) is 10.5 Å². The summed E-state index contributed by atoms with van der Waals surface area (Å²) >= 11 is 0. The SMILES string of the molecule is O=C(CC1CC(NC(=O)OCC2c3ccccc3-c3ccccc32)C1)Nc1cncc(C(=O)O)c1. The summed E-state index contributed by atoms with van der Waals surface area (Å²) < 4.78 is 5.59. The molecule has 5 rings (SSSR count). The predicted molar refractivity (Wildman–Crippen MR) is 129 cm³/mol. The number of hydrogen-bond donors (Lipinski definition) is 3. The summed E-state index contributed by atoms with van der Waals surface area (Å²) in [5.41, 5.74) is 5.06. The molecule has 8 heteroatoms. The van der Waals surface area contributed by atoms with Crippen molar-refractivity contribution in [1.29, 1.82) is 0 Å². The average molecular weight is 472 g/mol. The number of carbonyl (C=O) groups excluding carboxylic acids is 2. The van der Waals surface area contributed by atoms with Gasteiger partial charge in [-0.3, -0.25) is 9.78 Å². The fourth-order valence-electron chi connectivity index (χ4n) is 4.93. The van der Waals surface area contributed by atoms with Gasteiger partial charge in [-0.25, -0.2) is 9.59 Å². The Morgan fingerprint density at radius 1 is 0.971 bits per heavy atom. The van der Waals surface area contributed by atoms with Crippen LogP contribution in [0.3, 0.4) is 0 Å². The molecule has 3 N–H and O–H groups in total. The van der Waals surface area contributed by atoms with Crippen molar-refractivity contribution in [3.8, 4) is 11.1 Å². The monoisotopic (exact) mass is 471 g/mol. The highest BCUT2D eigenvalue weighted by Crippen LogP contribution is 2.44. The molecule has 0 atom stereocenters. The van der Waals surface area contributed by atoms with Crippen LogP contribution in [0.1, 0.15) is 46.7 Å². The second kappa shape index (κ2) is 9.58. The largest absolute Gasteiger partial charge is 0.478 e. The third-order valence-corrected chi connectivity index (χ3v) is 6.64. The lowest BCUT2D eigenvalue weighted by molar-refractivity contribution is -0.117. The van der Waals surface area contributed by atoms with Crippen molar-refractivity contribution in [3.05, 3.63) is 83.7 Å². The van der Waals surface area contributed by atoms with E-state index in [1.807, 2.05) is 24.3 Å². The van der Waals surface area contributed by atoms with E-state index < -0.39 is 12.1 Å². The van der Waals surface area contributed by atoms with Crippen LogP contribution >= 0.6 is 0 Å². The van der Waals surface area contributed by atoms with Gasteiger partial charge in [0, 0.05) is 24.6 Å². The first-order chi connectivity index (χ1) is 17.0. The Labute approximate surface area is 202 Å². The number of carbonyl (C=O) groups is 3. The van der Waals surface area contributed by atoms with Crippen LogP contribution in [-0.4, -0.2) is 40.7 Å². The second-order valence-corrected chi connectivity index (χ2v) is 9.02. The van der Waals surface area contributed by atoms with Gasteiger partial charge in [-0.2, -0.15) is 0 Å². The number of amides is 2. The maximum absolute atomic E-state index is 12.4. The molecule has 1 aromatic heterocycles. The number of carboxylic acids is 1. The normalized spacial score (nSPS) is 18.1. The first-order valence-electron chi connectivity index (χ1n) is 11.6. The quantitative estimate of drug-likeness (QED) is 0.469. The fraction of sp³-hybridized carbons (Fsp3) is 0.259. The molecule has 35 heavy (non-hydrogen) atoms. The third-order valence-electron chi connectivity index (χ3n) is 6.64. The third kappa shape index (κ3) is 4.87. The van der Waals surface area contributed by atoms with Crippen LogP contribution in [0.5, 0.6) is 0 Å². The zero-order valence-corrected chi connectivity index (χ0v) is 18.9. The first kappa shape index (κ1) is 22.6. The highest BCUT2D eigenvalue weighted by Gasteiger charge is 2.33. The minimum absolute atomic E-state index is 0.0128. The lowest BCUT2D eigenvalue weighted by Crippen LogP contribution is -2.45. The minimum atomic E-state index is -1.10. The summed E-state index contributed by atoms with van der Waals surface area (Å²) in [4.78, 5) is 39.6. The van der Waals surface area contributed by atoms with Crippen molar-refractivity contribution in [2.45, 2.75) is 31.2 Å². The highest BCUT2D eigenvalue weighted by atomic mass is 16.5. The zero-order chi connectivity index (χ0) is 24.4. The standard InChI is InChI=1S/C27H25N3O5/c31-25(29-19-12-17(26(32)33)13-28-14-19)11-16-9-18(10-16)30-27(34)35-15-24-22-7-3-1-5-20(22)21-6-2-4-8-23(21)24/h1-8,12-14,16,18,24H,9-11,15H2,(H,29,31)(H,30,34)(H,32,33). The van der Waals surface area contributed by atoms with E-state index in [0.29, 0.717) is 24.9 Å². The highest BCUT2D eigenvalue weighted by molar-refractivity contribution is 5.93. The first-order valence-corrected chi connectivity index (χ1v) is 11.6. The summed E-state index contributed by atoms with van der Waals surface area (Å²) in [6.07, 6.45) is 3.85. The molecule has 0 saturated heterocycles. The van der Waals surface area contributed by atoms with Gasteiger partial charge in [0.05, 0.1) is 17.4 Å². The van der Waals surface area contributed by atoms with E-state index in [1.54, 1.807) is 0 Å². The number of alkyl carbamates (subject to hydrolysis) is 1. The molecule has 0 radical (unpaired) electrons. The maximum Gasteiger partial charge on any atom is 0.407 e. The number of nitrogens with one attached hydrogen (secondary N) is 2. The Morgan fingerprint density at radius 3 is 2.29 bits per heavy atom. The van der Waals surface area contributed by atoms with Gasteiger partial charge in [-0.05, 0) is 47.1 Å². The van der Waals surface area contributed by atoms with Crippen molar-refractivity contribution in [1.82, 2.24) is 10.3 Å². The summed E-state index contributed by atoms with van der Waals surface area (Å²) in [7, 11) is 0. The van der Waals surface area contributed by atoms with E-state index in [2.05, 4.69) is 39.9 Å². The number of aromatic nitrogens is 1.